The summed E-state index contributed by atoms with van der Waals surface area (Å²) in [7, 11) is 0. The van der Waals surface area contributed by atoms with Crippen LogP contribution in [0.3, 0.4) is 0 Å². The molecule has 0 bridgehead atoms. The second-order valence-electron chi connectivity index (χ2n) is 7.75. The molecular weight excluding hydrogens is 414 g/mol. The topological polar surface area (TPSA) is 38.7 Å². The number of hydrogen-bond donors (Lipinski definition) is 0. The molecule has 0 unspecified atom stereocenters. The number of nitrogens with zero attached hydrogens (tertiary/aromatic N) is 3. The Morgan fingerprint density at radius 2 is 0.824 bits per heavy atom. The zero-order valence-electron chi connectivity index (χ0n) is 18.6. The predicted octanol–water partition coefficient (Wildman–Crippen LogP) is 7.55. The minimum atomic E-state index is 0.876. The zero-order valence-corrected chi connectivity index (χ0v) is 18.6. The van der Waals surface area contributed by atoms with Crippen LogP contribution in [0.5, 0.6) is 0 Å². The molecule has 2 aromatic carbocycles. The summed E-state index contributed by atoms with van der Waals surface area (Å²) < 4.78 is 0. The Morgan fingerprint density at radius 3 is 1.38 bits per heavy atom. The van der Waals surface area contributed by atoms with Crippen molar-refractivity contribution in [2.45, 2.75) is 0 Å². The fourth-order valence-electron chi connectivity index (χ4n) is 3.86. The van der Waals surface area contributed by atoms with Gasteiger partial charge in [-0.2, -0.15) is 0 Å². The van der Waals surface area contributed by atoms with E-state index in [9.17, 15) is 0 Å². The van der Waals surface area contributed by atoms with Gasteiger partial charge in [-0.1, -0.05) is 84.9 Å². The molecule has 5 aromatic rings. The van der Waals surface area contributed by atoms with Gasteiger partial charge in [0.15, 0.2) is 0 Å². The first kappa shape index (κ1) is 21.2. The molecular formula is C31H23N3. The number of benzene rings is 2. The first-order chi connectivity index (χ1) is 16.9. The highest BCUT2D eigenvalue weighted by atomic mass is 14.7. The molecule has 0 aliphatic rings. The van der Waals surface area contributed by atoms with Crippen LogP contribution < -0.4 is 0 Å². The van der Waals surface area contributed by atoms with Gasteiger partial charge in [-0.25, -0.2) is 0 Å². The lowest BCUT2D eigenvalue weighted by Crippen LogP contribution is -1.89. The summed E-state index contributed by atoms with van der Waals surface area (Å²) in [6.07, 6.45) is 13.6. The summed E-state index contributed by atoms with van der Waals surface area (Å²) in [6.45, 7) is 0. The molecule has 3 heteroatoms. The number of hydrogen-bond acceptors (Lipinski definition) is 3. The third kappa shape index (κ3) is 4.89. The van der Waals surface area contributed by atoms with Gasteiger partial charge in [0, 0.05) is 35.3 Å². The van der Waals surface area contributed by atoms with Crippen LogP contribution in [0.15, 0.2) is 116 Å². The maximum atomic E-state index is 4.60. The van der Waals surface area contributed by atoms with Crippen molar-refractivity contribution in [3.63, 3.8) is 0 Å². The van der Waals surface area contributed by atoms with Crippen molar-refractivity contribution in [2.24, 2.45) is 0 Å². The Morgan fingerprint density at radius 1 is 0.382 bits per heavy atom. The van der Waals surface area contributed by atoms with Crippen molar-refractivity contribution in [3.8, 4) is 22.3 Å². The van der Waals surface area contributed by atoms with Crippen molar-refractivity contribution in [3.05, 3.63) is 138 Å². The van der Waals surface area contributed by atoms with E-state index < -0.39 is 0 Å². The summed E-state index contributed by atoms with van der Waals surface area (Å²) in [5.74, 6) is 0. The fourth-order valence-corrected chi connectivity index (χ4v) is 3.86. The van der Waals surface area contributed by atoms with Crippen LogP contribution in [-0.2, 0) is 0 Å². The quantitative estimate of drug-likeness (QED) is 0.275. The van der Waals surface area contributed by atoms with Crippen LogP contribution in [0, 0.1) is 0 Å². The highest BCUT2D eigenvalue weighted by molar-refractivity contribution is 5.83. The van der Waals surface area contributed by atoms with E-state index in [0.29, 0.717) is 0 Å². The van der Waals surface area contributed by atoms with E-state index in [1.165, 1.54) is 0 Å². The van der Waals surface area contributed by atoms with Crippen LogP contribution in [0.2, 0.25) is 0 Å². The zero-order chi connectivity index (χ0) is 23.0. The molecule has 3 heterocycles. The molecule has 0 aliphatic heterocycles. The molecule has 0 aliphatic carbocycles. The number of aromatic nitrogens is 3. The standard InChI is InChI=1S/C31H23N3/c1-3-10-24(11-4-1)27-15-8-22-33-30(27)18-17-26-14-7-21-32-29(26)19-20-31-28(16-9-23-34-31)25-12-5-2-6-13-25/h1-23H. The van der Waals surface area contributed by atoms with Crippen molar-refractivity contribution in [2.75, 3.05) is 0 Å². The summed E-state index contributed by atoms with van der Waals surface area (Å²) in [5, 5.41) is 0. The molecule has 3 aromatic heterocycles. The van der Waals surface area contributed by atoms with Crippen molar-refractivity contribution >= 4 is 24.3 Å². The smallest absolute Gasteiger partial charge is 0.0708 e. The van der Waals surface area contributed by atoms with Gasteiger partial charge < -0.3 is 0 Å². The van der Waals surface area contributed by atoms with Crippen LogP contribution in [0.4, 0.5) is 0 Å². The summed E-state index contributed by atoms with van der Waals surface area (Å²) in [5.41, 5.74) is 8.19. The molecule has 0 saturated carbocycles. The van der Waals surface area contributed by atoms with Gasteiger partial charge in [0.25, 0.3) is 0 Å². The highest BCUT2D eigenvalue weighted by Crippen LogP contribution is 2.25. The van der Waals surface area contributed by atoms with Gasteiger partial charge in [0.2, 0.25) is 0 Å². The highest BCUT2D eigenvalue weighted by Gasteiger charge is 2.05. The van der Waals surface area contributed by atoms with E-state index in [2.05, 4.69) is 63.5 Å². The van der Waals surface area contributed by atoms with Crippen molar-refractivity contribution in [1.29, 1.82) is 0 Å². The SMILES string of the molecule is C(=Cc1ncccc1-c1ccccc1)c1cccnc1C=Cc1ncccc1-c1ccccc1. The third-order valence-electron chi connectivity index (χ3n) is 5.54. The first-order valence-electron chi connectivity index (χ1n) is 11.2. The monoisotopic (exact) mass is 437 g/mol. The lowest BCUT2D eigenvalue weighted by Gasteiger charge is -2.06. The van der Waals surface area contributed by atoms with Gasteiger partial charge in [-0.3, -0.25) is 15.0 Å². The fraction of sp³-hybridized carbons (Fsp3) is 0. The van der Waals surface area contributed by atoms with Crippen molar-refractivity contribution in [1.82, 2.24) is 15.0 Å². The van der Waals surface area contributed by atoms with Gasteiger partial charge in [0.1, 0.15) is 0 Å². The molecule has 162 valence electrons. The molecule has 0 radical (unpaired) electrons. The molecule has 0 fully saturated rings. The lowest BCUT2D eigenvalue weighted by molar-refractivity contribution is 1.27. The molecule has 0 atom stereocenters. The van der Waals surface area contributed by atoms with E-state index in [-0.39, 0.29) is 0 Å². The van der Waals surface area contributed by atoms with E-state index in [1.54, 1.807) is 0 Å². The molecule has 0 N–H and O–H groups in total. The van der Waals surface area contributed by atoms with Gasteiger partial charge >= 0.3 is 0 Å². The van der Waals surface area contributed by atoms with Crippen LogP contribution in [0.1, 0.15) is 22.6 Å². The summed E-state index contributed by atoms with van der Waals surface area (Å²) in [4.78, 5) is 13.8. The molecule has 0 saturated heterocycles. The van der Waals surface area contributed by atoms with Crippen molar-refractivity contribution < 1.29 is 0 Å². The second-order valence-corrected chi connectivity index (χ2v) is 7.75. The minimum Gasteiger partial charge on any atom is -0.256 e. The largest absolute Gasteiger partial charge is 0.256 e. The number of pyridine rings is 3. The Hall–Kier alpha value is -4.63. The Kier molecular flexibility index (Phi) is 6.45. The van der Waals surface area contributed by atoms with Crippen LogP contribution in [-0.4, -0.2) is 15.0 Å². The van der Waals surface area contributed by atoms with E-state index in [0.717, 1.165) is 44.9 Å². The molecule has 0 amide bonds. The Bertz CT molecular complexity index is 1330. The van der Waals surface area contributed by atoms with Crippen LogP contribution in [0.25, 0.3) is 46.6 Å². The predicted molar refractivity (Wildman–Crippen MR) is 141 cm³/mol. The minimum absolute atomic E-state index is 0.876. The van der Waals surface area contributed by atoms with Gasteiger partial charge in [-0.15, -0.1) is 0 Å². The molecule has 0 spiro atoms. The third-order valence-corrected chi connectivity index (χ3v) is 5.54. The normalized spacial score (nSPS) is 11.3. The first-order valence-corrected chi connectivity index (χ1v) is 11.2. The second kappa shape index (κ2) is 10.3. The summed E-state index contributed by atoms with van der Waals surface area (Å²) >= 11 is 0. The Balaban J connectivity index is 1.46. The number of rotatable bonds is 6. The molecule has 3 nitrogen and oxygen atoms in total. The lowest BCUT2D eigenvalue weighted by atomic mass is 10.0. The van der Waals surface area contributed by atoms with Gasteiger partial charge in [0.05, 0.1) is 17.1 Å². The maximum Gasteiger partial charge on any atom is 0.0708 e. The summed E-state index contributed by atoms with van der Waals surface area (Å²) in [6, 6.07) is 32.7. The average Bonchev–Trinajstić information content (AvgIpc) is 2.92. The van der Waals surface area contributed by atoms with E-state index in [1.807, 2.05) is 91.4 Å². The Labute approximate surface area is 199 Å². The molecule has 34 heavy (non-hydrogen) atoms. The van der Waals surface area contributed by atoms with E-state index >= 15 is 0 Å². The van der Waals surface area contributed by atoms with Gasteiger partial charge in [-0.05, 0) is 47.6 Å². The maximum absolute atomic E-state index is 4.60. The van der Waals surface area contributed by atoms with Crippen LogP contribution >= 0.6 is 0 Å². The average molecular weight is 438 g/mol. The van der Waals surface area contributed by atoms with E-state index in [4.69, 9.17) is 0 Å². The molecule has 5 rings (SSSR count).